The van der Waals surface area contributed by atoms with Crippen molar-refractivity contribution in [3.63, 3.8) is 0 Å². The van der Waals surface area contributed by atoms with Gasteiger partial charge in [0.15, 0.2) is 0 Å². The molecule has 0 aromatic carbocycles. The Hall–Kier alpha value is -0.260. The molecule has 0 atom stereocenters. The van der Waals surface area contributed by atoms with Gasteiger partial charge < -0.3 is 0 Å². The summed E-state index contributed by atoms with van der Waals surface area (Å²) in [7, 11) is 0. The van der Waals surface area contributed by atoms with Gasteiger partial charge in [-0.2, -0.15) is 0 Å². The SMILES string of the molecule is CCCC1CCC(CCC2=CCCCC2)CC1. The number of rotatable bonds is 5. The van der Waals surface area contributed by atoms with Crippen LogP contribution in [0.25, 0.3) is 0 Å². The maximum atomic E-state index is 2.53. The molecule has 17 heavy (non-hydrogen) atoms. The van der Waals surface area contributed by atoms with Crippen LogP contribution in [0.4, 0.5) is 0 Å². The van der Waals surface area contributed by atoms with E-state index in [0.717, 1.165) is 11.8 Å². The molecule has 2 aliphatic carbocycles. The predicted molar refractivity (Wildman–Crippen MR) is 76.1 cm³/mol. The lowest BCUT2D eigenvalue weighted by molar-refractivity contribution is 0.251. The Bertz CT molecular complexity index is 230. The van der Waals surface area contributed by atoms with Crippen molar-refractivity contribution in [2.75, 3.05) is 0 Å². The molecule has 2 aliphatic rings. The lowest BCUT2D eigenvalue weighted by atomic mass is 9.77. The molecule has 0 aliphatic heterocycles. The van der Waals surface area contributed by atoms with E-state index in [1.54, 1.807) is 5.57 Å². The average molecular weight is 234 g/mol. The van der Waals surface area contributed by atoms with Gasteiger partial charge in [-0.3, -0.25) is 0 Å². The van der Waals surface area contributed by atoms with Gasteiger partial charge in [0.1, 0.15) is 0 Å². The van der Waals surface area contributed by atoms with Crippen molar-refractivity contribution in [3.05, 3.63) is 11.6 Å². The Morgan fingerprint density at radius 2 is 1.71 bits per heavy atom. The van der Waals surface area contributed by atoms with E-state index in [-0.39, 0.29) is 0 Å². The molecule has 0 aromatic heterocycles. The van der Waals surface area contributed by atoms with Crippen molar-refractivity contribution in [3.8, 4) is 0 Å². The van der Waals surface area contributed by atoms with Crippen LogP contribution in [0.1, 0.15) is 84.0 Å². The molecule has 0 radical (unpaired) electrons. The van der Waals surface area contributed by atoms with Crippen LogP contribution >= 0.6 is 0 Å². The summed E-state index contributed by atoms with van der Waals surface area (Å²) in [6.07, 6.45) is 20.1. The summed E-state index contributed by atoms with van der Waals surface area (Å²) in [4.78, 5) is 0. The number of hydrogen-bond acceptors (Lipinski definition) is 0. The molecule has 0 heteroatoms. The van der Waals surface area contributed by atoms with Gasteiger partial charge in [-0.05, 0) is 50.4 Å². The monoisotopic (exact) mass is 234 g/mol. The zero-order chi connectivity index (χ0) is 11.9. The third-order valence-electron chi connectivity index (χ3n) is 4.92. The summed E-state index contributed by atoms with van der Waals surface area (Å²) in [6, 6.07) is 0. The van der Waals surface area contributed by atoms with Crippen LogP contribution in [-0.4, -0.2) is 0 Å². The van der Waals surface area contributed by atoms with Crippen LogP contribution in [0, 0.1) is 11.8 Å². The van der Waals surface area contributed by atoms with E-state index in [1.807, 2.05) is 0 Å². The van der Waals surface area contributed by atoms with Crippen molar-refractivity contribution in [2.24, 2.45) is 11.8 Å². The quantitative estimate of drug-likeness (QED) is 0.522. The minimum absolute atomic E-state index is 1.06. The molecule has 0 aromatic rings. The van der Waals surface area contributed by atoms with Crippen LogP contribution in [0.15, 0.2) is 11.6 Å². The van der Waals surface area contributed by atoms with E-state index < -0.39 is 0 Å². The largest absolute Gasteiger partial charge is 0.0853 e. The fourth-order valence-electron chi connectivity index (χ4n) is 3.74. The first-order valence-corrected chi connectivity index (χ1v) is 8.06. The van der Waals surface area contributed by atoms with Gasteiger partial charge in [0.25, 0.3) is 0 Å². The molecule has 0 N–H and O–H groups in total. The summed E-state index contributed by atoms with van der Waals surface area (Å²) in [5.74, 6) is 2.14. The van der Waals surface area contributed by atoms with Crippen LogP contribution < -0.4 is 0 Å². The molecule has 0 spiro atoms. The normalized spacial score (nSPS) is 30.1. The third kappa shape index (κ3) is 4.48. The highest BCUT2D eigenvalue weighted by Crippen LogP contribution is 2.35. The highest BCUT2D eigenvalue weighted by Gasteiger charge is 2.20. The molecule has 0 heterocycles. The molecule has 98 valence electrons. The highest BCUT2D eigenvalue weighted by molar-refractivity contribution is 5.04. The van der Waals surface area contributed by atoms with Gasteiger partial charge in [-0.15, -0.1) is 0 Å². The molecule has 2 rings (SSSR count). The summed E-state index contributed by atoms with van der Waals surface area (Å²) in [5, 5.41) is 0. The van der Waals surface area contributed by atoms with Crippen LogP contribution in [0.3, 0.4) is 0 Å². The smallest absolute Gasteiger partial charge is 0.0318 e. The summed E-state index contributed by atoms with van der Waals surface area (Å²) >= 11 is 0. The number of hydrogen-bond donors (Lipinski definition) is 0. The molecule has 0 nitrogen and oxygen atoms in total. The van der Waals surface area contributed by atoms with Crippen LogP contribution in [0.5, 0.6) is 0 Å². The average Bonchev–Trinajstić information content (AvgIpc) is 2.40. The molecule has 0 saturated heterocycles. The standard InChI is InChI=1S/C17H30/c1-2-6-15-9-12-17(13-10-15)14-11-16-7-4-3-5-8-16/h7,15,17H,2-6,8-14H2,1H3. The van der Waals surface area contributed by atoms with Crippen molar-refractivity contribution >= 4 is 0 Å². The second kappa shape index (κ2) is 7.24. The third-order valence-corrected chi connectivity index (χ3v) is 4.92. The zero-order valence-electron chi connectivity index (χ0n) is 11.7. The Morgan fingerprint density at radius 1 is 1.00 bits per heavy atom. The summed E-state index contributed by atoms with van der Waals surface area (Å²) in [5.41, 5.74) is 1.78. The lowest BCUT2D eigenvalue weighted by Gasteiger charge is -2.28. The minimum Gasteiger partial charge on any atom is -0.0853 e. The maximum absolute atomic E-state index is 2.53. The Balaban J connectivity index is 1.62. The van der Waals surface area contributed by atoms with Gasteiger partial charge in [0.05, 0.1) is 0 Å². The molecular formula is C17H30. The molecule has 0 unspecified atom stereocenters. The first-order chi connectivity index (χ1) is 8.38. The van der Waals surface area contributed by atoms with E-state index >= 15 is 0 Å². The molecular weight excluding hydrogens is 204 g/mol. The van der Waals surface area contributed by atoms with Gasteiger partial charge in [0, 0.05) is 0 Å². The van der Waals surface area contributed by atoms with Crippen molar-refractivity contribution < 1.29 is 0 Å². The Morgan fingerprint density at radius 3 is 2.29 bits per heavy atom. The molecule has 1 saturated carbocycles. The predicted octanol–water partition coefficient (Wildman–Crippen LogP) is 5.87. The fourth-order valence-corrected chi connectivity index (χ4v) is 3.74. The van der Waals surface area contributed by atoms with Crippen molar-refractivity contribution in [1.82, 2.24) is 0 Å². The van der Waals surface area contributed by atoms with E-state index in [0.29, 0.717) is 0 Å². The topological polar surface area (TPSA) is 0 Å². The van der Waals surface area contributed by atoms with Crippen LogP contribution in [-0.2, 0) is 0 Å². The Labute approximate surface area is 108 Å². The van der Waals surface area contributed by atoms with Gasteiger partial charge >= 0.3 is 0 Å². The van der Waals surface area contributed by atoms with E-state index in [2.05, 4.69) is 13.0 Å². The number of allylic oxidation sites excluding steroid dienone is 2. The first-order valence-electron chi connectivity index (χ1n) is 8.06. The van der Waals surface area contributed by atoms with Gasteiger partial charge in [0.2, 0.25) is 0 Å². The lowest BCUT2D eigenvalue weighted by Crippen LogP contribution is -2.14. The fraction of sp³-hybridized carbons (Fsp3) is 0.882. The molecule has 1 fully saturated rings. The zero-order valence-corrected chi connectivity index (χ0v) is 11.7. The molecule has 0 bridgehead atoms. The van der Waals surface area contributed by atoms with Crippen molar-refractivity contribution in [1.29, 1.82) is 0 Å². The first kappa shape index (κ1) is 13.2. The van der Waals surface area contributed by atoms with E-state index in [9.17, 15) is 0 Å². The second-order valence-electron chi connectivity index (χ2n) is 6.32. The van der Waals surface area contributed by atoms with Gasteiger partial charge in [-0.25, -0.2) is 0 Å². The maximum Gasteiger partial charge on any atom is -0.0318 e. The van der Waals surface area contributed by atoms with Gasteiger partial charge in [-0.1, -0.05) is 57.1 Å². The van der Waals surface area contributed by atoms with E-state index in [1.165, 1.54) is 77.0 Å². The molecule has 0 amide bonds. The summed E-state index contributed by atoms with van der Waals surface area (Å²) in [6.45, 7) is 2.33. The highest BCUT2D eigenvalue weighted by atomic mass is 14.3. The Kier molecular flexibility index (Phi) is 5.61. The summed E-state index contributed by atoms with van der Waals surface area (Å²) < 4.78 is 0. The van der Waals surface area contributed by atoms with Crippen molar-refractivity contribution in [2.45, 2.75) is 84.0 Å². The van der Waals surface area contributed by atoms with E-state index in [4.69, 9.17) is 0 Å². The van der Waals surface area contributed by atoms with Crippen LogP contribution in [0.2, 0.25) is 0 Å². The second-order valence-corrected chi connectivity index (χ2v) is 6.32. The minimum atomic E-state index is 1.06.